The number of hydrogen-bond acceptors (Lipinski definition) is 4. The van der Waals surface area contributed by atoms with Crippen LogP contribution < -0.4 is 11.1 Å². The van der Waals surface area contributed by atoms with E-state index < -0.39 is 0 Å². The molecule has 3 rings (SSSR count). The summed E-state index contributed by atoms with van der Waals surface area (Å²) in [5, 5.41) is 11.6. The third-order valence-electron chi connectivity index (χ3n) is 5.29. The van der Waals surface area contributed by atoms with Crippen molar-refractivity contribution in [1.82, 2.24) is 20.1 Å². The van der Waals surface area contributed by atoms with Crippen molar-refractivity contribution in [1.29, 1.82) is 0 Å². The Morgan fingerprint density at radius 3 is 2.82 bits per heavy atom. The summed E-state index contributed by atoms with van der Waals surface area (Å²) >= 11 is 0. The minimum atomic E-state index is -0.0923. The molecule has 1 aromatic heterocycles. The van der Waals surface area contributed by atoms with Crippen LogP contribution in [-0.4, -0.2) is 27.2 Å². The van der Waals surface area contributed by atoms with Crippen LogP contribution >= 0.6 is 0 Å². The fraction of sp³-hybridized carbons (Fsp3) is 0.812. The van der Waals surface area contributed by atoms with Gasteiger partial charge in [0.15, 0.2) is 5.82 Å². The Kier molecular flexibility index (Phi) is 4.47. The van der Waals surface area contributed by atoms with Crippen LogP contribution in [0.4, 0.5) is 0 Å². The summed E-state index contributed by atoms with van der Waals surface area (Å²) in [4.78, 5) is 12.5. The molecule has 3 N–H and O–H groups in total. The van der Waals surface area contributed by atoms with Gasteiger partial charge in [-0.1, -0.05) is 19.3 Å². The van der Waals surface area contributed by atoms with Gasteiger partial charge in [-0.05, 0) is 38.1 Å². The third kappa shape index (κ3) is 3.02. The summed E-state index contributed by atoms with van der Waals surface area (Å²) in [5.41, 5.74) is 5.99. The molecule has 6 nitrogen and oxygen atoms in total. The first kappa shape index (κ1) is 15.5. The zero-order chi connectivity index (χ0) is 15.6. The quantitative estimate of drug-likeness (QED) is 0.867. The van der Waals surface area contributed by atoms with Crippen LogP contribution in [0.15, 0.2) is 0 Å². The van der Waals surface area contributed by atoms with E-state index >= 15 is 0 Å². The Balaban J connectivity index is 1.61. The monoisotopic (exact) mass is 305 g/mol. The first-order valence-electron chi connectivity index (χ1n) is 8.55. The molecule has 1 amide bonds. The molecule has 0 aromatic carbocycles. The Labute approximate surface area is 131 Å². The van der Waals surface area contributed by atoms with Crippen molar-refractivity contribution in [3.8, 4) is 0 Å². The van der Waals surface area contributed by atoms with E-state index in [0.29, 0.717) is 13.0 Å². The molecule has 1 aliphatic heterocycles. The molecule has 1 unspecified atom stereocenters. The number of aromatic nitrogens is 3. The van der Waals surface area contributed by atoms with E-state index in [1.807, 2.05) is 6.92 Å². The lowest BCUT2D eigenvalue weighted by atomic mass is 9.71. The summed E-state index contributed by atoms with van der Waals surface area (Å²) in [5.74, 6) is 2.02. The van der Waals surface area contributed by atoms with E-state index in [2.05, 4.69) is 20.1 Å². The summed E-state index contributed by atoms with van der Waals surface area (Å²) in [7, 11) is 0. The van der Waals surface area contributed by atoms with Gasteiger partial charge in [-0.3, -0.25) is 4.79 Å². The molecule has 0 spiro atoms. The summed E-state index contributed by atoms with van der Waals surface area (Å²) in [6.45, 7) is 3.56. The Morgan fingerprint density at radius 1 is 1.32 bits per heavy atom. The second kappa shape index (κ2) is 6.36. The standard InChI is InChI=1S/C16H27N5O/c1-12(15-20-19-13-6-5-9-21(13)15)18-14(22)10-16(11-17)7-3-2-4-8-16/h12H,2-11,17H2,1H3,(H,18,22). The number of carbonyl (C=O) groups excluding carboxylic acids is 1. The van der Waals surface area contributed by atoms with E-state index in [0.717, 1.165) is 43.9 Å². The van der Waals surface area contributed by atoms with Crippen molar-refractivity contribution in [2.24, 2.45) is 11.1 Å². The molecule has 1 aliphatic carbocycles. The van der Waals surface area contributed by atoms with Crippen LogP contribution in [0, 0.1) is 5.41 Å². The van der Waals surface area contributed by atoms with Crippen molar-refractivity contribution in [3.63, 3.8) is 0 Å². The second-order valence-corrected chi connectivity index (χ2v) is 6.96. The number of nitrogens with zero attached hydrogens (tertiary/aromatic N) is 3. The van der Waals surface area contributed by atoms with Crippen LogP contribution in [0.3, 0.4) is 0 Å². The van der Waals surface area contributed by atoms with Crippen LogP contribution in [0.1, 0.15) is 69.6 Å². The topological polar surface area (TPSA) is 85.8 Å². The minimum absolute atomic E-state index is 0.00877. The van der Waals surface area contributed by atoms with Gasteiger partial charge in [-0.2, -0.15) is 0 Å². The second-order valence-electron chi connectivity index (χ2n) is 6.96. The van der Waals surface area contributed by atoms with Crippen LogP contribution in [0.5, 0.6) is 0 Å². The molecule has 0 bridgehead atoms. The maximum absolute atomic E-state index is 12.5. The van der Waals surface area contributed by atoms with Crippen molar-refractivity contribution >= 4 is 5.91 Å². The first-order chi connectivity index (χ1) is 10.6. The molecule has 1 saturated carbocycles. The molecule has 2 aliphatic rings. The molecule has 1 aromatic rings. The number of nitrogens with two attached hydrogens (primary N) is 1. The average Bonchev–Trinajstić information content (AvgIpc) is 3.10. The molecule has 1 fully saturated rings. The third-order valence-corrected chi connectivity index (χ3v) is 5.29. The minimum Gasteiger partial charge on any atom is -0.346 e. The van der Waals surface area contributed by atoms with Crippen LogP contribution in [0.2, 0.25) is 0 Å². The van der Waals surface area contributed by atoms with Gasteiger partial charge < -0.3 is 15.6 Å². The summed E-state index contributed by atoms with van der Waals surface area (Å²) in [6, 6.07) is -0.0923. The zero-order valence-corrected chi connectivity index (χ0v) is 13.5. The van der Waals surface area contributed by atoms with E-state index in [1.54, 1.807) is 0 Å². The number of nitrogens with one attached hydrogen (secondary N) is 1. The van der Waals surface area contributed by atoms with Crippen LogP contribution in [0.25, 0.3) is 0 Å². The lowest BCUT2D eigenvalue weighted by Crippen LogP contribution is -2.39. The summed E-state index contributed by atoms with van der Waals surface area (Å²) < 4.78 is 2.14. The number of fused-ring (bicyclic) bond motifs is 1. The number of carbonyl (C=O) groups is 1. The van der Waals surface area contributed by atoms with E-state index in [9.17, 15) is 4.79 Å². The number of hydrogen-bond donors (Lipinski definition) is 2. The van der Waals surface area contributed by atoms with Gasteiger partial charge in [-0.15, -0.1) is 10.2 Å². The molecule has 1 atom stereocenters. The highest BCUT2D eigenvalue weighted by Crippen LogP contribution is 2.38. The maximum Gasteiger partial charge on any atom is 0.221 e. The van der Waals surface area contributed by atoms with Gasteiger partial charge in [0.2, 0.25) is 5.91 Å². The van der Waals surface area contributed by atoms with Crippen LogP contribution in [-0.2, 0) is 17.8 Å². The molecule has 22 heavy (non-hydrogen) atoms. The van der Waals surface area contributed by atoms with E-state index in [1.165, 1.54) is 19.3 Å². The fourth-order valence-electron chi connectivity index (χ4n) is 3.95. The predicted octanol–water partition coefficient (Wildman–Crippen LogP) is 1.70. The van der Waals surface area contributed by atoms with E-state index in [4.69, 9.17) is 5.73 Å². The van der Waals surface area contributed by atoms with Gasteiger partial charge in [-0.25, -0.2) is 0 Å². The Bertz CT molecular complexity index is 533. The molecular weight excluding hydrogens is 278 g/mol. The Hall–Kier alpha value is -1.43. The molecule has 0 radical (unpaired) electrons. The molecule has 122 valence electrons. The fourth-order valence-corrected chi connectivity index (χ4v) is 3.95. The van der Waals surface area contributed by atoms with Gasteiger partial charge in [0.05, 0.1) is 6.04 Å². The largest absolute Gasteiger partial charge is 0.346 e. The first-order valence-corrected chi connectivity index (χ1v) is 8.55. The van der Waals surface area contributed by atoms with Crippen molar-refractivity contribution in [2.45, 2.75) is 70.9 Å². The smallest absolute Gasteiger partial charge is 0.221 e. The number of aryl methyl sites for hydroxylation is 1. The maximum atomic E-state index is 12.5. The van der Waals surface area contributed by atoms with Gasteiger partial charge in [0, 0.05) is 19.4 Å². The Morgan fingerprint density at radius 2 is 2.09 bits per heavy atom. The summed E-state index contributed by atoms with van der Waals surface area (Å²) in [6.07, 6.45) is 8.45. The number of amides is 1. The van der Waals surface area contributed by atoms with Crippen molar-refractivity contribution < 1.29 is 4.79 Å². The van der Waals surface area contributed by atoms with Gasteiger partial charge in [0.25, 0.3) is 0 Å². The zero-order valence-electron chi connectivity index (χ0n) is 13.5. The van der Waals surface area contributed by atoms with Crippen molar-refractivity contribution in [2.75, 3.05) is 6.54 Å². The molecule has 2 heterocycles. The lowest BCUT2D eigenvalue weighted by molar-refractivity contribution is -0.124. The highest BCUT2D eigenvalue weighted by atomic mass is 16.1. The molecule has 6 heteroatoms. The molecular formula is C16H27N5O. The average molecular weight is 305 g/mol. The van der Waals surface area contributed by atoms with E-state index in [-0.39, 0.29) is 17.4 Å². The van der Waals surface area contributed by atoms with Crippen molar-refractivity contribution in [3.05, 3.63) is 11.6 Å². The van der Waals surface area contributed by atoms with Gasteiger partial charge in [0.1, 0.15) is 5.82 Å². The highest BCUT2D eigenvalue weighted by Gasteiger charge is 2.33. The lowest BCUT2D eigenvalue weighted by Gasteiger charge is -2.35. The highest BCUT2D eigenvalue weighted by molar-refractivity contribution is 5.77. The molecule has 0 saturated heterocycles. The normalized spacial score (nSPS) is 21.4. The number of rotatable bonds is 5. The van der Waals surface area contributed by atoms with Gasteiger partial charge >= 0.3 is 0 Å². The SMILES string of the molecule is CC(NC(=O)CC1(CN)CCCCC1)c1nnc2n1CCC2. The predicted molar refractivity (Wildman–Crippen MR) is 84.1 cm³/mol.